The van der Waals surface area contributed by atoms with Gasteiger partial charge in [-0.1, -0.05) is 20.8 Å². The molecule has 3 rings (SSSR count). The average Bonchev–Trinajstić information content (AvgIpc) is 2.48. The molecule has 124 valence electrons. The Morgan fingerprint density at radius 2 is 1.87 bits per heavy atom. The van der Waals surface area contributed by atoms with E-state index in [-0.39, 0.29) is 22.7 Å². The first-order valence-electron chi connectivity index (χ1n) is 8.17. The number of fused-ring (bicyclic) bond motifs is 1. The predicted octanol–water partition coefficient (Wildman–Crippen LogP) is 2.44. The summed E-state index contributed by atoms with van der Waals surface area (Å²) in [7, 11) is 0. The Bertz CT molecular complexity index is 836. The van der Waals surface area contributed by atoms with Gasteiger partial charge in [-0.25, -0.2) is 9.78 Å². The van der Waals surface area contributed by atoms with E-state index >= 15 is 0 Å². The highest BCUT2D eigenvalue weighted by Gasteiger charge is 2.31. The van der Waals surface area contributed by atoms with Crippen LogP contribution in [0, 0.1) is 11.3 Å². The molecule has 6 nitrogen and oxygen atoms in total. The highest BCUT2D eigenvalue weighted by molar-refractivity contribution is 5.76. The summed E-state index contributed by atoms with van der Waals surface area (Å²) in [4.78, 5) is 31.8. The molecule has 0 radical (unpaired) electrons. The van der Waals surface area contributed by atoms with Crippen LogP contribution in [0.4, 0.5) is 5.69 Å². The molecule has 1 fully saturated rings. The normalized spacial score (nSPS) is 22.4. The quantitative estimate of drug-likeness (QED) is 0.845. The fraction of sp³-hybridized carbons (Fsp3) is 0.588. The number of aromatic nitrogens is 3. The Balaban J connectivity index is 1.98. The van der Waals surface area contributed by atoms with E-state index in [1.807, 2.05) is 0 Å². The van der Waals surface area contributed by atoms with Crippen LogP contribution in [0.15, 0.2) is 21.9 Å². The Labute approximate surface area is 134 Å². The van der Waals surface area contributed by atoms with Gasteiger partial charge in [0.15, 0.2) is 0 Å². The third-order valence-electron chi connectivity index (χ3n) is 5.09. The van der Waals surface area contributed by atoms with Crippen molar-refractivity contribution in [3.63, 3.8) is 0 Å². The van der Waals surface area contributed by atoms with Gasteiger partial charge in [0.1, 0.15) is 5.65 Å². The van der Waals surface area contributed by atoms with Crippen molar-refractivity contribution in [2.75, 3.05) is 5.73 Å². The van der Waals surface area contributed by atoms with E-state index < -0.39 is 0 Å². The van der Waals surface area contributed by atoms with Crippen molar-refractivity contribution in [2.45, 2.75) is 52.5 Å². The first kappa shape index (κ1) is 15.8. The van der Waals surface area contributed by atoms with Crippen molar-refractivity contribution in [3.8, 4) is 0 Å². The summed E-state index contributed by atoms with van der Waals surface area (Å²) in [5.41, 5.74) is 6.05. The van der Waals surface area contributed by atoms with Gasteiger partial charge in [-0.2, -0.15) is 0 Å². The summed E-state index contributed by atoms with van der Waals surface area (Å²) in [6, 6.07) is 1.54. The summed E-state index contributed by atoms with van der Waals surface area (Å²) in [5.74, 6) is 0.631. The number of anilines is 1. The zero-order valence-corrected chi connectivity index (χ0v) is 13.9. The van der Waals surface area contributed by atoms with E-state index in [1.54, 1.807) is 6.07 Å². The van der Waals surface area contributed by atoms with E-state index in [0.717, 1.165) is 25.7 Å². The number of hydrogen-bond acceptors (Lipinski definition) is 4. The van der Waals surface area contributed by atoms with Crippen LogP contribution < -0.4 is 17.0 Å². The summed E-state index contributed by atoms with van der Waals surface area (Å²) in [6.07, 6.45) is 5.22. The molecule has 1 aliphatic rings. The minimum Gasteiger partial charge on any atom is -0.397 e. The second-order valence-electron chi connectivity index (χ2n) is 7.64. The Morgan fingerprint density at radius 3 is 2.48 bits per heavy atom. The molecule has 1 saturated carbocycles. The molecule has 0 amide bonds. The van der Waals surface area contributed by atoms with Gasteiger partial charge in [0, 0.05) is 6.04 Å². The van der Waals surface area contributed by atoms with Gasteiger partial charge < -0.3 is 5.73 Å². The molecule has 3 N–H and O–H groups in total. The first-order valence-corrected chi connectivity index (χ1v) is 8.17. The molecule has 0 aliphatic heterocycles. The molecular formula is C17H24N4O2. The number of nitrogen functional groups attached to an aromatic ring is 1. The number of nitrogens with one attached hydrogen (secondary N) is 1. The van der Waals surface area contributed by atoms with E-state index in [4.69, 9.17) is 5.73 Å². The van der Waals surface area contributed by atoms with Crippen LogP contribution in [-0.2, 0) is 0 Å². The molecule has 23 heavy (non-hydrogen) atoms. The molecule has 0 bridgehead atoms. The summed E-state index contributed by atoms with van der Waals surface area (Å²) in [5, 5.41) is 0.377. The lowest BCUT2D eigenvalue weighted by atomic mass is 9.71. The topological polar surface area (TPSA) is 93.8 Å². The smallest absolute Gasteiger partial charge is 0.330 e. The number of pyridine rings is 1. The van der Waals surface area contributed by atoms with Crippen LogP contribution in [0.5, 0.6) is 0 Å². The Morgan fingerprint density at radius 1 is 1.22 bits per heavy atom. The second kappa shape index (κ2) is 5.51. The van der Waals surface area contributed by atoms with Gasteiger partial charge >= 0.3 is 5.69 Å². The summed E-state index contributed by atoms with van der Waals surface area (Å²) >= 11 is 0. The van der Waals surface area contributed by atoms with E-state index in [9.17, 15) is 9.59 Å². The molecule has 2 aromatic heterocycles. The molecule has 0 atom stereocenters. The molecule has 0 saturated heterocycles. The molecule has 0 unspecified atom stereocenters. The molecule has 0 aromatic carbocycles. The maximum Gasteiger partial charge on any atom is 0.330 e. The van der Waals surface area contributed by atoms with Crippen LogP contribution in [0.2, 0.25) is 0 Å². The first-order chi connectivity index (χ1) is 10.8. The van der Waals surface area contributed by atoms with Crippen molar-refractivity contribution in [1.29, 1.82) is 0 Å². The van der Waals surface area contributed by atoms with Gasteiger partial charge in [0.2, 0.25) is 0 Å². The van der Waals surface area contributed by atoms with Gasteiger partial charge in [-0.05, 0) is 43.1 Å². The van der Waals surface area contributed by atoms with Crippen molar-refractivity contribution >= 4 is 16.7 Å². The number of hydrogen-bond donors (Lipinski definition) is 2. The molecule has 1 aliphatic carbocycles. The number of nitrogens with two attached hydrogens (primary N) is 1. The molecule has 2 aromatic rings. The van der Waals surface area contributed by atoms with Crippen LogP contribution in [-0.4, -0.2) is 14.5 Å². The summed E-state index contributed by atoms with van der Waals surface area (Å²) in [6.45, 7) is 6.75. The number of H-pyrrole nitrogens is 1. The van der Waals surface area contributed by atoms with E-state index in [0.29, 0.717) is 22.6 Å². The maximum absolute atomic E-state index is 12.7. The van der Waals surface area contributed by atoms with Crippen molar-refractivity contribution in [3.05, 3.63) is 33.1 Å². The van der Waals surface area contributed by atoms with Crippen molar-refractivity contribution in [1.82, 2.24) is 14.5 Å². The van der Waals surface area contributed by atoms with Crippen LogP contribution in [0.1, 0.15) is 52.5 Å². The third kappa shape index (κ3) is 2.90. The number of rotatable bonds is 1. The lowest BCUT2D eigenvalue weighted by Crippen LogP contribution is -2.40. The summed E-state index contributed by atoms with van der Waals surface area (Å²) < 4.78 is 1.36. The lowest BCUT2D eigenvalue weighted by molar-refractivity contribution is 0.149. The van der Waals surface area contributed by atoms with E-state index in [1.165, 1.54) is 10.8 Å². The third-order valence-corrected chi connectivity index (χ3v) is 5.09. The van der Waals surface area contributed by atoms with Gasteiger partial charge in [-0.15, -0.1) is 0 Å². The standard InChI is InChI=1S/C17H24N4O2/c1-17(2,3)10-4-6-12(7-5-10)21-15(22)13-8-11(18)9-19-14(13)20-16(21)23/h8-10,12H,4-7,18H2,1-3H3,(H,19,20,23). The van der Waals surface area contributed by atoms with Crippen LogP contribution in [0.25, 0.3) is 11.0 Å². The number of aromatic amines is 1. The van der Waals surface area contributed by atoms with E-state index in [2.05, 4.69) is 30.7 Å². The van der Waals surface area contributed by atoms with Crippen molar-refractivity contribution < 1.29 is 0 Å². The molecular weight excluding hydrogens is 292 g/mol. The van der Waals surface area contributed by atoms with Crippen molar-refractivity contribution in [2.24, 2.45) is 11.3 Å². The second-order valence-corrected chi connectivity index (χ2v) is 7.64. The zero-order chi connectivity index (χ0) is 16.8. The fourth-order valence-corrected chi connectivity index (χ4v) is 3.66. The minimum atomic E-state index is -0.376. The van der Waals surface area contributed by atoms with Gasteiger partial charge in [-0.3, -0.25) is 14.3 Å². The number of nitrogens with zero attached hydrogens (tertiary/aromatic N) is 2. The Hall–Kier alpha value is -2.11. The Kier molecular flexibility index (Phi) is 3.78. The average molecular weight is 316 g/mol. The lowest BCUT2D eigenvalue weighted by Gasteiger charge is -2.37. The minimum absolute atomic E-state index is 0.0457. The zero-order valence-electron chi connectivity index (χ0n) is 13.9. The van der Waals surface area contributed by atoms with Crippen LogP contribution >= 0.6 is 0 Å². The highest BCUT2D eigenvalue weighted by Crippen LogP contribution is 2.40. The molecule has 2 heterocycles. The predicted molar refractivity (Wildman–Crippen MR) is 91.5 cm³/mol. The molecule has 0 spiro atoms. The SMILES string of the molecule is CC(C)(C)C1CCC(n2c(=O)[nH]c3ncc(N)cc3c2=O)CC1. The highest BCUT2D eigenvalue weighted by atomic mass is 16.2. The molecule has 6 heteroatoms. The van der Waals surface area contributed by atoms with Crippen LogP contribution in [0.3, 0.4) is 0 Å². The van der Waals surface area contributed by atoms with Gasteiger partial charge in [0.05, 0.1) is 17.3 Å². The monoisotopic (exact) mass is 316 g/mol. The van der Waals surface area contributed by atoms with Gasteiger partial charge in [0.25, 0.3) is 5.56 Å². The largest absolute Gasteiger partial charge is 0.397 e. The maximum atomic E-state index is 12.7. The fourth-order valence-electron chi connectivity index (χ4n) is 3.66.